The highest BCUT2D eigenvalue weighted by atomic mass is 32.2. The average molecular weight is 399 g/mol. The molecule has 0 radical (unpaired) electrons. The van der Waals surface area contributed by atoms with Gasteiger partial charge in [0.2, 0.25) is 10.0 Å². The maximum atomic E-state index is 12.7. The number of benzene rings is 2. The van der Waals surface area contributed by atoms with Gasteiger partial charge < -0.3 is 9.47 Å². The van der Waals surface area contributed by atoms with Crippen LogP contribution in [0.1, 0.15) is 11.3 Å². The molecule has 0 saturated carbocycles. The first-order chi connectivity index (χ1) is 13.4. The van der Waals surface area contributed by atoms with Gasteiger partial charge in [-0.25, -0.2) is 23.1 Å². The number of nitrogens with zero attached hydrogens (tertiary/aromatic N) is 2. The molecule has 3 aromatic rings. The Morgan fingerprint density at radius 1 is 0.964 bits per heavy atom. The Morgan fingerprint density at radius 2 is 1.71 bits per heavy atom. The average Bonchev–Trinajstić information content (AvgIpc) is 2.72. The second-order valence-corrected chi connectivity index (χ2v) is 7.84. The number of rotatable bonds is 7. The molecule has 0 saturated heterocycles. The van der Waals surface area contributed by atoms with E-state index >= 15 is 0 Å². The summed E-state index contributed by atoms with van der Waals surface area (Å²) in [6.45, 7) is 1.90. The molecule has 0 spiro atoms. The molecule has 2 aromatic carbocycles. The van der Waals surface area contributed by atoms with E-state index < -0.39 is 10.0 Å². The first-order valence-corrected chi connectivity index (χ1v) is 10.0. The zero-order valence-electron chi connectivity index (χ0n) is 15.8. The summed E-state index contributed by atoms with van der Waals surface area (Å²) < 4.78 is 38.3. The molecule has 0 bridgehead atoms. The van der Waals surface area contributed by atoms with Gasteiger partial charge in [-0.3, -0.25) is 0 Å². The second kappa shape index (κ2) is 8.37. The van der Waals surface area contributed by atoms with Gasteiger partial charge in [0.25, 0.3) is 0 Å². The highest BCUT2D eigenvalue weighted by Crippen LogP contribution is 2.25. The third-order valence-electron chi connectivity index (χ3n) is 4.16. The molecule has 0 atom stereocenters. The van der Waals surface area contributed by atoms with Crippen molar-refractivity contribution in [2.24, 2.45) is 0 Å². The van der Waals surface area contributed by atoms with E-state index in [-0.39, 0.29) is 11.4 Å². The van der Waals surface area contributed by atoms with Gasteiger partial charge in [-0.2, -0.15) is 0 Å². The van der Waals surface area contributed by atoms with Crippen molar-refractivity contribution in [3.05, 3.63) is 66.1 Å². The van der Waals surface area contributed by atoms with Gasteiger partial charge in [-0.05, 0) is 55.0 Å². The van der Waals surface area contributed by atoms with E-state index in [1.807, 2.05) is 31.2 Å². The minimum atomic E-state index is -3.76. The largest absolute Gasteiger partial charge is 0.497 e. The van der Waals surface area contributed by atoms with Crippen molar-refractivity contribution in [2.45, 2.75) is 18.4 Å². The first kappa shape index (κ1) is 19.8. The predicted octanol–water partition coefficient (Wildman–Crippen LogP) is 2.95. The number of aryl methyl sites for hydroxylation is 1. The first-order valence-electron chi connectivity index (χ1n) is 8.52. The molecular weight excluding hydrogens is 378 g/mol. The molecule has 1 aromatic heterocycles. The molecule has 0 fully saturated rings. The van der Waals surface area contributed by atoms with Crippen LogP contribution < -0.4 is 14.2 Å². The van der Waals surface area contributed by atoms with Gasteiger partial charge in [-0.15, -0.1) is 0 Å². The molecule has 7 nitrogen and oxygen atoms in total. The van der Waals surface area contributed by atoms with E-state index in [0.717, 1.165) is 16.9 Å². The molecule has 1 N–H and O–H groups in total. The molecule has 8 heteroatoms. The Balaban J connectivity index is 1.79. The van der Waals surface area contributed by atoms with E-state index in [1.165, 1.54) is 19.5 Å². The van der Waals surface area contributed by atoms with Crippen molar-refractivity contribution < 1.29 is 17.9 Å². The van der Waals surface area contributed by atoms with Gasteiger partial charge >= 0.3 is 0 Å². The maximum absolute atomic E-state index is 12.7. The summed E-state index contributed by atoms with van der Waals surface area (Å²) >= 11 is 0. The molecule has 28 heavy (non-hydrogen) atoms. The summed E-state index contributed by atoms with van der Waals surface area (Å²) in [7, 11) is -0.709. The van der Waals surface area contributed by atoms with Crippen LogP contribution in [-0.4, -0.2) is 32.6 Å². The monoisotopic (exact) mass is 399 g/mol. The molecule has 0 aliphatic heterocycles. The van der Waals surface area contributed by atoms with E-state index in [2.05, 4.69) is 14.7 Å². The number of aromatic nitrogens is 2. The molecule has 0 aliphatic rings. The van der Waals surface area contributed by atoms with Crippen molar-refractivity contribution >= 4 is 10.0 Å². The van der Waals surface area contributed by atoms with Crippen molar-refractivity contribution in [3.63, 3.8) is 0 Å². The quantitative estimate of drug-likeness (QED) is 0.657. The Hall–Kier alpha value is -2.97. The summed E-state index contributed by atoms with van der Waals surface area (Å²) in [5.74, 6) is 1.05. The predicted molar refractivity (Wildman–Crippen MR) is 106 cm³/mol. The van der Waals surface area contributed by atoms with Crippen LogP contribution in [-0.2, 0) is 16.6 Å². The van der Waals surface area contributed by atoms with Gasteiger partial charge in [0.1, 0.15) is 22.7 Å². The van der Waals surface area contributed by atoms with Crippen LogP contribution in [0.3, 0.4) is 0 Å². The van der Waals surface area contributed by atoms with E-state index in [0.29, 0.717) is 17.1 Å². The van der Waals surface area contributed by atoms with Crippen molar-refractivity contribution in [1.29, 1.82) is 0 Å². The summed E-state index contributed by atoms with van der Waals surface area (Å²) in [6, 6.07) is 14.1. The maximum Gasteiger partial charge on any atom is 0.244 e. The summed E-state index contributed by atoms with van der Waals surface area (Å²) in [4.78, 5) is 8.50. The molecular formula is C20H21N3O4S. The zero-order valence-corrected chi connectivity index (χ0v) is 16.7. The number of hydrogen-bond donors (Lipinski definition) is 1. The number of methoxy groups -OCH3 is 2. The van der Waals surface area contributed by atoms with Crippen molar-refractivity contribution in [3.8, 4) is 22.8 Å². The Bertz CT molecular complexity index is 1070. The fraction of sp³-hybridized carbons (Fsp3) is 0.200. The Kier molecular flexibility index (Phi) is 5.91. The van der Waals surface area contributed by atoms with Gasteiger partial charge in [0, 0.05) is 5.56 Å². The summed E-state index contributed by atoms with van der Waals surface area (Å²) in [5.41, 5.74) is 3.04. The second-order valence-electron chi connectivity index (χ2n) is 6.10. The third kappa shape index (κ3) is 4.47. The summed E-state index contributed by atoms with van der Waals surface area (Å²) in [6.07, 6.45) is 1.41. The van der Waals surface area contributed by atoms with Crippen LogP contribution in [0.4, 0.5) is 0 Å². The molecule has 1 heterocycles. The minimum Gasteiger partial charge on any atom is -0.497 e. The highest BCUT2D eigenvalue weighted by Gasteiger charge is 2.19. The van der Waals surface area contributed by atoms with Gasteiger partial charge in [0.05, 0.1) is 32.2 Å². The van der Waals surface area contributed by atoms with Crippen LogP contribution in [0.2, 0.25) is 0 Å². The molecule has 0 amide bonds. The van der Waals surface area contributed by atoms with Gasteiger partial charge in [0.15, 0.2) is 0 Å². The number of sulfonamides is 1. The van der Waals surface area contributed by atoms with Crippen LogP contribution in [0.15, 0.2) is 59.8 Å². The highest BCUT2D eigenvalue weighted by molar-refractivity contribution is 7.89. The van der Waals surface area contributed by atoms with Crippen LogP contribution in [0.25, 0.3) is 11.3 Å². The SMILES string of the molecule is COc1ccc(-c2cc(CNS(=O)(=O)c3ccc(C)cc3OC)ncn2)cc1. The fourth-order valence-electron chi connectivity index (χ4n) is 2.66. The van der Waals surface area contributed by atoms with E-state index in [9.17, 15) is 8.42 Å². The topological polar surface area (TPSA) is 90.4 Å². The smallest absolute Gasteiger partial charge is 0.244 e. The van der Waals surface area contributed by atoms with Crippen molar-refractivity contribution in [1.82, 2.24) is 14.7 Å². The number of ether oxygens (including phenoxy) is 2. The molecule has 0 unspecified atom stereocenters. The lowest BCUT2D eigenvalue weighted by atomic mass is 10.1. The normalized spacial score (nSPS) is 11.2. The molecule has 146 valence electrons. The fourth-order valence-corrected chi connectivity index (χ4v) is 3.81. The lowest BCUT2D eigenvalue weighted by Gasteiger charge is -2.11. The Morgan fingerprint density at radius 3 is 2.39 bits per heavy atom. The number of hydrogen-bond acceptors (Lipinski definition) is 6. The zero-order chi connectivity index (χ0) is 20.1. The lowest BCUT2D eigenvalue weighted by molar-refractivity contribution is 0.402. The van der Waals surface area contributed by atoms with E-state index in [1.54, 1.807) is 25.3 Å². The number of nitrogens with one attached hydrogen (secondary N) is 1. The van der Waals surface area contributed by atoms with Crippen LogP contribution in [0.5, 0.6) is 11.5 Å². The summed E-state index contributed by atoms with van der Waals surface area (Å²) in [5, 5.41) is 0. The molecule has 0 aliphatic carbocycles. The minimum absolute atomic E-state index is 0.0328. The standard InChI is InChI=1S/C20H21N3O4S/c1-14-4-9-20(19(10-14)27-3)28(24,25)23-12-16-11-18(22-13-21-16)15-5-7-17(26-2)8-6-15/h4-11,13,23H,12H2,1-3H3. The third-order valence-corrected chi connectivity index (χ3v) is 5.60. The van der Waals surface area contributed by atoms with Crippen LogP contribution in [0, 0.1) is 6.92 Å². The van der Waals surface area contributed by atoms with Gasteiger partial charge in [-0.1, -0.05) is 6.07 Å². The van der Waals surface area contributed by atoms with Crippen LogP contribution >= 0.6 is 0 Å². The van der Waals surface area contributed by atoms with Crippen molar-refractivity contribution in [2.75, 3.05) is 14.2 Å². The van der Waals surface area contributed by atoms with E-state index in [4.69, 9.17) is 9.47 Å². The molecule has 3 rings (SSSR count). The lowest BCUT2D eigenvalue weighted by Crippen LogP contribution is -2.24. The Labute approximate surface area is 164 Å².